The van der Waals surface area contributed by atoms with E-state index >= 15 is 0 Å². The normalized spacial score (nSPS) is 24.1. The second-order valence-corrected chi connectivity index (χ2v) is 5.17. The first-order chi connectivity index (χ1) is 8.79. The monoisotopic (exact) mass is 249 g/mol. The van der Waals surface area contributed by atoms with Crippen molar-refractivity contribution in [2.75, 3.05) is 13.2 Å². The third kappa shape index (κ3) is 3.72. The van der Waals surface area contributed by atoms with Crippen molar-refractivity contribution in [1.29, 1.82) is 0 Å². The molecule has 1 aromatic carbocycles. The molecule has 1 saturated carbocycles. The number of rotatable bonds is 5. The predicted octanol–water partition coefficient (Wildman–Crippen LogP) is 2.39. The van der Waals surface area contributed by atoms with E-state index in [0.717, 1.165) is 13.0 Å². The van der Waals surface area contributed by atoms with E-state index < -0.39 is 0 Å². The maximum atomic E-state index is 9.29. The molecule has 0 spiro atoms. The Balaban J connectivity index is 1.77. The minimum atomic E-state index is 0.274. The summed E-state index contributed by atoms with van der Waals surface area (Å²) in [4.78, 5) is 0. The molecule has 2 rings (SSSR count). The summed E-state index contributed by atoms with van der Waals surface area (Å²) >= 11 is 0. The molecule has 0 aromatic heterocycles. The fourth-order valence-corrected chi connectivity index (χ4v) is 2.76. The van der Waals surface area contributed by atoms with Gasteiger partial charge in [0.05, 0.1) is 0 Å². The molecule has 0 atom stereocenters. The summed E-state index contributed by atoms with van der Waals surface area (Å²) in [6.07, 6.45) is 5.68. The van der Waals surface area contributed by atoms with Gasteiger partial charge in [-0.15, -0.1) is 0 Å². The van der Waals surface area contributed by atoms with Crippen LogP contribution < -0.4 is 5.32 Å². The average molecular weight is 249 g/mol. The number of hydrogen-bond donors (Lipinski definition) is 3. The van der Waals surface area contributed by atoms with Crippen LogP contribution in [0.5, 0.6) is 5.75 Å². The molecule has 0 aliphatic heterocycles. The average Bonchev–Trinajstić information content (AvgIpc) is 2.41. The van der Waals surface area contributed by atoms with Crippen LogP contribution in [0.15, 0.2) is 24.3 Å². The smallest absolute Gasteiger partial charge is 0.115 e. The molecule has 100 valence electrons. The molecule has 0 amide bonds. The highest BCUT2D eigenvalue weighted by Crippen LogP contribution is 2.33. The summed E-state index contributed by atoms with van der Waals surface area (Å²) in [7, 11) is 0. The van der Waals surface area contributed by atoms with Crippen molar-refractivity contribution >= 4 is 0 Å². The molecule has 18 heavy (non-hydrogen) atoms. The molecule has 1 aliphatic rings. The highest BCUT2D eigenvalue weighted by Gasteiger charge is 2.21. The van der Waals surface area contributed by atoms with Crippen LogP contribution in [0.25, 0.3) is 0 Å². The molecule has 0 saturated heterocycles. The molecule has 1 aliphatic carbocycles. The fraction of sp³-hybridized carbons (Fsp3) is 0.600. The lowest BCUT2D eigenvalue weighted by molar-refractivity contribution is 0.274. The van der Waals surface area contributed by atoms with Gasteiger partial charge in [0, 0.05) is 12.6 Å². The summed E-state index contributed by atoms with van der Waals surface area (Å²) in [6, 6.07) is 8.26. The third-order valence-corrected chi connectivity index (χ3v) is 3.86. The molecular formula is C15H23NO2. The Morgan fingerprint density at radius 1 is 1.06 bits per heavy atom. The predicted molar refractivity (Wildman–Crippen MR) is 72.8 cm³/mol. The first-order valence-corrected chi connectivity index (χ1v) is 6.93. The first kappa shape index (κ1) is 13.4. The van der Waals surface area contributed by atoms with Crippen LogP contribution in [0.3, 0.4) is 0 Å². The summed E-state index contributed by atoms with van der Waals surface area (Å²) in [6.45, 7) is 1.20. The fourth-order valence-electron chi connectivity index (χ4n) is 2.76. The van der Waals surface area contributed by atoms with Crippen LogP contribution in [0.2, 0.25) is 0 Å². The number of hydrogen-bond acceptors (Lipinski definition) is 3. The van der Waals surface area contributed by atoms with Crippen molar-refractivity contribution in [2.45, 2.75) is 44.1 Å². The van der Waals surface area contributed by atoms with E-state index in [4.69, 9.17) is 5.11 Å². The van der Waals surface area contributed by atoms with Crippen molar-refractivity contribution < 1.29 is 10.2 Å². The maximum Gasteiger partial charge on any atom is 0.115 e. The lowest BCUT2D eigenvalue weighted by Crippen LogP contribution is -2.33. The number of nitrogens with one attached hydrogen (secondary N) is 1. The number of phenols is 1. The second kappa shape index (κ2) is 6.76. The topological polar surface area (TPSA) is 52.5 Å². The van der Waals surface area contributed by atoms with Gasteiger partial charge in [0.2, 0.25) is 0 Å². The van der Waals surface area contributed by atoms with Crippen molar-refractivity contribution in [2.24, 2.45) is 0 Å². The van der Waals surface area contributed by atoms with E-state index in [9.17, 15) is 5.11 Å². The van der Waals surface area contributed by atoms with Gasteiger partial charge in [-0.25, -0.2) is 0 Å². The van der Waals surface area contributed by atoms with Crippen LogP contribution in [0.4, 0.5) is 0 Å². The zero-order valence-corrected chi connectivity index (χ0v) is 10.8. The molecule has 0 heterocycles. The minimum absolute atomic E-state index is 0.274. The lowest BCUT2D eigenvalue weighted by Gasteiger charge is -2.29. The van der Waals surface area contributed by atoms with Crippen molar-refractivity contribution in [1.82, 2.24) is 5.32 Å². The van der Waals surface area contributed by atoms with E-state index in [2.05, 4.69) is 5.32 Å². The van der Waals surface area contributed by atoms with E-state index in [0.29, 0.717) is 17.7 Å². The van der Waals surface area contributed by atoms with Gasteiger partial charge in [0.25, 0.3) is 0 Å². The molecule has 3 N–H and O–H groups in total. The van der Waals surface area contributed by atoms with Gasteiger partial charge in [-0.3, -0.25) is 0 Å². The number of phenolic OH excluding ortho intramolecular Hbond substituents is 1. The number of benzene rings is 1. The molecule has 3 nitrogen and oxygen atoms in total. The molecule has 0 bridgehead atoms. The van der Waals surface area contributed by atoms with Crippen LogP contribution >= 0.6 is 0 Å². The standard InChI is InChI=1S/C15H23NO2/c17-11-1-10-16-14-6-2-12(3-7-14)13-4-8-15(18)9-5-13/h4-5,8-9,12,14,16-18H,1-3,6-7,10-11H2. The Labute approximate surface area is 109 Å². The van der Waals surface area contributed by atoms with Gasteiger partial charge in [-0.1, -0.05) is 12.1 Å². The lowest BCUT2D eigenvalue weighted by atomic mass is 9.82. The highest BCUT2D eigenvalue weighted by atomic mass is 16.3. The van der Waals surface area contributed by atoms with E-state index in [-0.39, 0.29) is 6.61 Å². The Morgan fingerprint density at radius 3 is 2.33 bits per heavy atom. The number of aromatic hydroxyl groups is 1. The van der Waals surface area contributed by atoms with Gasteiger partial charge < -0.3 is 15.5 Å². The first-order valence-electron chi connectivity index (χ1n) is 6.93. The van der Waals surface area contributed by atoms with Crippen LogP contribution in [0.1, 0.15) is 43.6 Å². The zero-order valence-electron chi connectivity index (χ0n) is 10.8. The van der Waals surface area contributed by atoms with Gasteiger partial charge in [0.15, 0.2) is 0 Å². The number of aliphatic hydroxyl groups is 1. The minimum Gasteiger partial charge on any atom is -0.508 e. The Morgan fingerprint density at radius 2 is 1.72 bits per heavy atom. The van der Waals surface area contributed by atoms with Crippen LogP contribution in [0, 0.1) is 0 Å². The highest BCUT2D eigenvalue weighted by molar-refractivity contribution is 5.28. The third-order valence-electron chi connectivity index (χ3n) is 3.86. The van der Waals surface area contributed by atoms with Crippen molar-refractivity contribution in [3.05, 3.63) is 29.8 Å². The zero-order chi connectivity index (χ0) is 12.8. The molecular weight excluding hydrogens is 226 g/mol. The number of aliphatic hydroxyl groups excluding tert-OH is 1. The SMILES string of the molecule is OCCCNC1CCC(c2ccc(O)cc2)CC1. The molecule has 0 unspecified atom stereocenters. The van der Waals surface area contributed by atoms with Crippen LogP contribution in [-0.4, -0.2) is 29.4 Å². The summed E-state index contributed by atoms with van der Waals surface area (Å²) < 4.78 is 0. The summed E-state index contributed by atoms with van der Waals surface area (Å²) in [5, 5.41) is 21.5. The quantitative estimate of drug-likeness (QED) is 0.702. The summed E-state index contributed by atoms with van der Waals surface area (Å²) in [5.74, 6) is 0.986. The van der Waals surface area contributed by atoms with E-state index in [1.165, 1.54) is 31.2 Å². The molecule has 0 radical (unpaired) electrons. The second-order valence-electron chi connectivity index (χ2n) is 5.17. The van der Waals surface area contributed by atoms with Crippen LogP contribution in [-0.2, 0) is 0 Å². The summed E-state index contributed by atoms with van der Waals surface area (Å²) in [5.41, 5.74) is 1.35. The van der Waals surface area contributed by atoms with Crippen molar-refractivity contribution in [3.63, 3.8) is 0 Å². The van der Waals surface area contributed by atoms with Gasteiger partial charge in [-0.05, 0) is 62.3 Å². The Kier molecular flexibility index (Phi) is 5.02. The van der Waals surface area contributed by atoms with Gasteiger partial charge >= 0.3 is 0 Å². The Hall–Kier alpha value is -1.06. The van der Waals surface area contributed by atoms with Crippen molar-refractivity contribution in [3.8, 4) is 5.75 Å². The Bertz CT molecular complexity index is 342. The van der Waals surface area contributed by atoms with Gasteiger partial charge in [-0.2, -0.15) is 0 Å². The van der Waals surface area contributed by atoms with E-state index in [1.807, 2.05) is 12.1 Å². The maximum absolute atomic E-state index is 9.29. The molecule has 1 aromatic rings. The molecule has 1 fully saturated rings. The molecule has 3 heteroatoms. The van der Waals surface area contributed by atoms with Gasteiger partial charge in [0.1, 0.15) is 5.75 Å². The van der Waals surface area contributed by atoms with E-state index in [1.54, 1.807) is 12.1 Å². The largest absolute Gasteiger partial charge is 0.508 e.